The molecular weight excluding hydrogens is 354 g/mol. The van der Waals surface area contributed by atoms with Gasteiger partial charge in [-0.25, -0.2) is 4.79 Å². The molecule has 2 aliphatic rings. The van der Waals surface area contributed by atoms with Crippen LogP contribution in [0.25, 0.3) is 0 Å². The highest BCUT2D eigenvalue weighted by molar-refractivity contribution is 6.22. The van der Waals surface area contributed by atoms with Crippen LogP contribution in [0.5, 0.6) is 5.75 Å². The zero-order valence-electron chi connectivity index (χ0n) is 16.1. The lowest BCUT2D eigenvalue weighted by Crippen LogP contribution is -2.30. The summed E-state index contributed by atoms with van der Waals surface area (Å²) in [5, 5.41) is 0. The summed E-state index contributed by atoms with van der Waals surface area (Å²) in [5.41, 5.74) is 3.07. The van der Waals surface area contributed by atoms with E-state index in [4.69, 9.17) is 4.74 Å². The van der Waals surface area contributed by atoms with Gasteiger partial charge in [-0.15, -0.1) is 0 Å². The summed E-state index contributed by atoms with van der Waals surface area (Å²) in [5.74, 6) is -0.569. The molecule has 1 aliphatic carbocycles. The van der Waals surface area contributed by atoms with E-state index in [0.29, 0.717) is 17.0 Å². The lowest BCUT2D eigenvalue weighted by molar-refractivity contribution is -0.122. The number of ether oxygens (including phenoxy) is 1. The maximum absolute atomic E-state index is 12.7. The molecule has 2 aromatic rings. The van der Waals surface area contributed by atoms with Crippen molar-refractivity contribution in [3.05, 3.63) is 59.2 Å². The van der Waals surface area contributed by atoms with Crippen molar-refractivity contribution in [2.45, 2.75) is 39.5 Å². The van der Waals surface area contributed by atoms with Crippen molar-refractivity contribution in [3.63, 3.8) is 0 Å². The van der Waals surface area contributed by atoms with Crippen molar-refractivity contribution in [3.8, 4) is 5.75 Å². The lowest BCUT2D eigenvalue weighted by atomic mass is 9.81. The first kappa shape index (κ1) is 18.4. The highest BCUT2D eigenvalue weighted by Crippen LogP contribution is 2.40. The minimum atomic E-state index is -0.470. The topological polar surface area (TPSA) is 63.7 Å². The molecule has 0 spiro atoms. The highest BCUT2D eigenvalue weighted by Gasteiger charge is 2.48. The summed E-state index contributed by atoms with van der Waals surface area (Å²) < 4.78 is 5.43. The molecule has 2 unspecified atom stereocenters. The number of anilines is 1. The number of imide groups is 1. The van der Waals surface area contributed by atoms with E-state index in [9.17, 15) is 14.4 Å². The van der Waals surface area contributed by atoms with Crippen LogP contribution in [0.2, 0.25) is 0 Å². The second-order valence-corrected chi connectivity index (χ2v) is 7.69. The molecule has 1 saturated heterocycles. The Hall–Kier alpha value is -2.95. The highest BCUT2D eigenvalue weighted by atomic mass is 16.5. The van der Waals surface area contributed by atoms with Crippen LogP contribution in [0.15, 0.2) is 42.5 Å². The van der Waals surface area contributed by atoms with E-state index in [0.717, 1.165) is 36.8 Å². The maximum Gasteiger partial charge on any atom is 0.343 e. The average molecular weight is 377 g/mol. The number of aryl methyl sites for hydroxylation is 2. The molecule has 5 heteroatoms. The number of benzene rings is 2. The zero-order chi connectivity index (χ0) is 19.8. The first-order valence-corrected chi connectivity index (χ1v) is 9.73. The number of esters is 1. The number of nitrogens with zero attached hydrogens (tertiary/aromatic N) is 1. The quantitative estimate of drug-likeness (QED) is 0.457. The standard InChI is InChI=1S/C23H23NO4/c1-14-7-12-18(13-15(14)2)28-23(27)16-8-10-17(11-9-16)24-21(25)19-5-3-4-6-20(19)22(24)26/h7-13,19-20H,3-6H2,1-2H3. The number of carbonyl (C=O) groups is 3. The Balaban J connectivity index is 1.50. The summed E-state index contributed by atoms with van der Waals surface area (Å²) >= 11 is 0. The molecule has 0 aromatic heterocycles. The van der Waals surface area contributed by atoms with Gasteiger partial charge in [0.1, 0.15) is 5.75 Å². The Morgan fingerprint density at radius 3 is 2.07 bits per heavy atom. The summed E-state index contributed by atoms with van der Waals surface area (Å²) in [6.45, 7) is 3.96. The fraction of sp³-hybridized carbons (Fsp3) is 0.348. The Morgan fingerprint density at radius 2 is 1.50 bits per heavy atom. The summed E-state index contributed by atoms with van der Waals surface area (Å²) in [7, 11) is 0. The summed E-state index contributed by atoms with van der Waals surface area (Å²) in [6.07, 6.45) is 3.56. The van der Waals surface area contributed by atoms with Crippen LogP contribution in [-0.4, -0.2) is 17.8 Å². The molecule has 0 radical (unpaired) electrons. The largest absolute Gasteiger partial charge is 0.423 e. The number of hydrogen-bond acceptors (Lipinski definition) is 4. The fourth-order valence-corrected chi connectivity index (χ4v) is 4.11. The molecule has 1 aliphatic heterocycles. The van der Waals surface area contributed by atoms with Gasteiger partial charge < -0.3 is 4.74 Å². The second-order valence-electron chi connectivity index (χ2n) is 7.69. The van der Waals surface area contributed by atoms with Crippen LogP contribution in [0, 0.1) is 25.7 Å². The minimum absolute atomic E-state index is 0.111. The van der Waals surface area contributed by atoms with E-state index in [1.165, 1.54) is 4.90 Å². The average Bonchev–Trinajstić information content (AvgIpc) is 2.96. The van der Waals surface area contributed by atoms with Gasteiger partial charge in [0.2, 0.25) is 11.8 Å². The summed E-state index contributed by atoms with van der Waals surface area (Å²) in [4.78, 5) is 39.1. The second kappa shape index (κ2) is 7.23. The van der Waals surface area contributed by atoms with E-state index < -0.39 is 5.97 Å². The van der Waals surface area contributed by atoms with Gasteiger partial charge in [0.05, 0.1) is 23.1 Å². The van der Waals surface area contributed by atoms with Crippen LogP contribution in [0.4, 0.5) is 5.69 Å². The number of hydrogen-bond donors (Lipinski definition) is 0. The van der Waals surface area contributed by atoms with Gasteiger partial charge in [0.25, 0.3) is 0 Å². The van der Waals surface area contributed by atoms with Gasteiger partial charge in [0.15, 0.2) is 0 Å². The van der Waals surface area contributed by atoms with Crippen molar-refractivity contribution >= 4 is 23.5 Å². The Bertz CT molecular complexity index is 924. The molecule has 144 valence electrons. The third kappa shape index (κ3) is 3.21. The summed E-state index contributed by atoms with van der Waals surface area (Å²) in [6, 6.07) is 12.0. The number of carbonyl (C=O) groups excluding carboxylic acids is 3. The van der Waals surface area contributed by atoms with Crippen molar-refractivity contribution in [2.24, 2.45) is 11.8 Å². The predicted molar refractivity (Wildman–Crippen MR) is 105 cm³/mol. The van der Waals surface area contributed by atoms with Gasteiger partial charge in [-0.2, -0.15) is 0 Å². The molecule has 1 heterocycles. The molecule has 2 amide bonds. The third-order valence-corrected chi connectivity index (χ3v) is 5.89. The van der Waals surface area contributed by atoms with Crippen molar-refractivity contribution in [2.75, 3.05) is 4.90 Å². The van der Waals surface area contributed by atoms with Gasteiger partial charge in [-0.05, 0) is 74.2 Å². The smallest absolute Gasteiger partial charge is 0.343 e. The number of fused-ring (bicyclic) bond motifs is 1. The van der Waals surface area contributed by atoms with Crippen LogP contribution in [0.3, 0.4) is 0 Å². The molecule has 1 saturated carbocycles. The van der Waals surface area contributed by atoms with Gasteiger partial charge in [-0.1, -0.05) is 18.9 Å². The molecule has 2 aromatic carbocycles. The molecular formula is C23H23NO4. The molecule has 0 N–H and O–H groups in total. The molecule has 2 fully saturated rings. The molecule has 5 nitrogen and oxygen atoms in total. The van der Waals surface area contributed by atoms with Crippen LogP contribution < -0.4 is 9.64 Å². The van der Waals surface area contributed by atoms with Gasteiger partial charge in [-0.3, -0.25) is 14.5 Å². The molecule has 4 rings (SSSR count). The van der Waals surface area contributed by atoms with E-state index in [1.807, 2.05) is 26.0 Å². The van der Waals surface area contributed by atoms with Crippen LogP contribution >= 0.6 is 0 Å². The predicted octanol–water partition coefficient (Wildman–Crippen LogP) is 4.20. The van der Waals surface area contributed by atoms with Crippen molar-refractivity contribution < 1.29 is 19.1 Å². The first-order chi connectivity index (χ1) is 13.5. The first-order valence-electron chi connectivity index (χ1n) is 9.73. The maximum atomic E-state index is 12.7. The molecule has 28 heavy (non-hydrogen) atoms. The number of amides is 2. The normalized spacial score (nSPS) is 21.6. The van der Waals surface area contributed by atoms with E-state index in [-0.39, 0.29) is 23.7 Å². The minimum Gasteiger partial charge on any atom is -0.423 e. The van der Waals surface area contributed by atoms with Crippen LogP contribution in [-0.2, 0) is 9.59 Å². The van der Waals surface area contributed by atoms with E-state index in [1.54, 1.807) is 30.3 Å². The van der Waals surface area contributed by atoms with E-state index >= 15 is 0 Å². The fourth-order valence-electron chi connectivity index (χ4n) is 4.11. The Labute approximate surface area is 164 Å². The Morgan fingerprint density at radius 1 is 0.893 bits per heavy atom. The van der Waals surface area contributed by atoms with Crippen molar-refractivity contribution in [1.82, 2.24) is 0 Å². The Kier molecular flexibility index (Phi) is 4.75. The third-order valence-electron chi connectivity index (χ3n) is 5.89. The van der Waals surface area contributed by atoms with Crippen molar-refractivity contribution in [1.29, 1.82) is 0 Å². The van der Waals surface area contributed by atoms with Gasteiger partial charge >= 0.3 is 5.97 Å². The van der Waals surface area contributed by atoms with Gasteiger partial charge in [0, 0.05) is 0 Å². The van der Waals surface area contributed by atoms with E-state index in [2.05, 4.69) is 0 Å². The van der Waals surface area contributed by atoms with Crippen LogP contribution in [0.1, 0.15) is 47.2 Å². The lowest BCUT2D eigenvalue weighted by Gasteiger charge is -2.19. The monoisotopic (exact) mass is 377 g/mol. The zero-order valence-corrected chi connectivity index (χ0v) is 16.1. The molecule has 0 bridgehead atoms. The number of rotatable bonds is 3. The molecule has 2 atom stereocenters. The SMILES string of the molecule is Cc1ccc(OC(=O)c2ccc(N3C(=O)C4CCCCC4C3=O)cc2)cc1C.